The Kier molecular flexibility index (Phi) is 14.7. The van der Waals surface area contributed by atoms with Gasteiger partial charge >= 0.3 is 0 Å². The average Bonchev–Trinajstić information content (AvgIpc) is 4.01. The van der Waals surface area contributed by atoms with Crippen LogP contribution in [-0.2, 0) is 0 Å². The molecule has 6 fully saturated rings. The summed E-state index contributed by atoms with van der Waals surface area (Å²) < 4.78 is 12.3. The third-order valence-corrected chi connectivity index (χ3v) is 11.3. The van der Waals surface area contributed by atoms with E-state index in [4.69, 9.17) is 10.8 Å². The van der Waals surface area contributed by atoms with Crippen molar-refractivity contribution in [1.29, 1.82) is 0 Å². The molecule has 0 atom stereocenters. The molecule has 6 bridgehead atoms. The van der Waals surface area contributed by atoms with Gasteiger partial charge in [-0.15, -0.1) is 12.4 Å². The number of nitrogens with two attached hydrogens (primary N) is 1. The summed E-state index contributed by atoms with van der Waals surface area (Å²) in [5, 5.41) is 31.5. The van der Waals surface area contributed by atoms with Crippen LogP contribution < -0.4 is 20.9 Å². The van der Waals surface area contributed by atoms with Gasteiger partial charge in [-0.1, -0.05) is 0 Å². The van der Waals surface area contributed by atoms with E-state index in [2.05, 4.69) is 43.1 Å². The number of nitrogen functional groups attached to an aromatic ring is 1. The minimum Gasteiger partial charge on any atom is -0.400 e. The molecule has 0 saturated carbocycles. The molecular formula is C37H53ClFN9O5. The van der Waals surface area contributed by atoms with Crippen LogP contribution >= 0.6 is 12.4 Å². The SMILES string of the molecule is C1CC2CCC1N2.CO.Cc1cc(F)ncc1[N+](=O)[O-].Cc1cc(N2C3CCC2CC3)ncc1N.Cc1cc(N2C3CCC2CC3)ncc1[N+](=O)[O-].Cl. The number of nitro groups is 2. The molecule has 0 spiro atoms. The molecule has 16 heteroatoms. The molecule has 0 radical (unpaired) electrons. The third-order valence-electron chi connectivity index (χ3n) is 11.3. The summed E-state index contributed by atoms with van der Waals surface area (Å²) in [6, 6.07) is 9.55. The Morgan fingerprint density at radius 3 is 1.34 bits per heavy atom. The largest absolute Gasteiger partial charge is 0.400 e. The summed E-state index contributed by atoms with van der Waals surface area (Å²) in [7, 11) is 1.00. The Labute approximate surface area is 316 Å². The van der Waals surface area contributed by atoms with Gasteiger partial charge in [0.2, 0.25) is 5.95 Å². The van der Waals surface area contributed by atoms with E-state index in [1.165, 1.54) is 90.2 Å². The zero-order valence-electron chi connectivity index (χ0n) is 31.0. The number of aryl methyl sites for hydroxylation is 3. The molecule has 0 aromatic carbocycles. The minimum absolute atomic E-state index is 0. The molecule has 4 N–H and O–H groups in total. The van der Waals surface area contributed by atoms with E-state index in [9.17, 15) is 24.6 Å². The van der Waals surface area contributed by atoms with Gasteiger partial charge in [0.1, 0.15) is 24.0 Å². The van der Waals surface area contributed by atoms with E-state index in [0.29, 0.717) is 17.6 Å². The fraction of sp³-hybridized carbons (Fsp3) is 0.595. The number of pyridine rings is 3. The van der Waals surface area contributed by atoms with Crippen molar-refractivity contribution in [3.8, 4) is 0 Å². The summed E-state index contributed by atoms with van der Waals surface area (Å²) >= 11 is 0. The lowest BCUT2D eigenvalue weighted by atomic mass is 10.0. The summed E-state index contributed by atoms with van der Waals surface area (Å²) in [6.45, 7) is 5.29. The van der Waals surface area contributed by atoms with Gasteiger partial charge in [0, 0.05) is 60.6 Å². The van der Waals surface area contributed by atoms with Crippen LogP contribution in [0.2, 0.25) is 0 Å². The van der Waals surface area contributed by atoms with E-state index in [1.807, 2.05) is 6.07 Å². The number of aromatic nitrogens is 3. The van der Waals surface area contributed by atoms with Crippen LogP contribution in [0.15, 0.2) is 36.8 Å². The maximum atomic E-state index is 12.3. The first kappa shape index (κ1) is 41.5. The molecule has 0 aliphatic carbocycles. The Hall–Kier alpha value is -4.21. The first-order chi connectivity index (χ1) is 25.0. The van der Waals surface area contributed by atoms with E-state index in [1.54, 1.807) is 13.1 Å². The highest BCUT2D eigenvalue weighted by Crippen LogP contribution is 2.41. The van der Waals surface area contributed by atoms with Crippen molar-refractivity contribution >= 4 is 41.1 Å². The van der Waals surface area contributed by atoms with Gasteiger partial charge in [0.05, 0.1) is 21.7 Å². The van der Waals surface area contributed by atoms with E-state index in [-0.39, 0.29) is 34.3 Å². The molecule has 14 nitrogen and oxygen atoms in total. The van der Waals surface area contributed by atoms with Gasteiger partial charge in [-0.3, -0.25) is 20.2 Å². The normalized spacial score (nSPS) is 25.1. The monoisotopic (exact) mass is 757 g/mol. The topological polar surface area (TPSA) is 190 Å². The molecule has 0 unspecified atom stereocenters. The molecule has 6 aliphatic rings. The van der Waals surface area contributed by atoms with Crippen molar-refractivity contribution < 1.29 is 19.3 Å². The predicted octanol–water partition coefficient (Wildman–Crippen LogP) is 6.90. The van der Waals surface area contributed by atoms with Gasteiger partial charge in [0.15, 0.2) is 0 Å². The fourth-order valence-electron chi connectivity index (χ4n) is 8.60. The van der Waals surface area contributed by atoms with Crippen molar-refractivity contribution in [3.05, 3.63) is 79.7 Å². The molecule has 6 aliphatic heterocycles. The number of aliphatic hydroxyl groups is 1. The van der Waals surface area contributed by atoms with Crippen LogP contribution in [0, 0.1) is 46.9 Å². The number of fused-ring (bicyclic) bond motifs is 6. The van der Waals surface area contributed by atoms with Crippen LogP contribution in [0.25, 0.3) is 0 Å². The number of hydrogen-bond acceptors (Lipinski definition) is 12. The highest BCUT2D eigenvalue weighted by atomic mass is 35.5. The van der Waals surface area contributed by atoms with Crippen molar-refractivity contribution in [1.82, 2.24) is 20.3 Å². The molecule has 9 heterocycles. The second-order valence-corrected chi connectivity index (χ2v) is 14.5. The summed E-state index contributed by atoms with van der Waals surface area (Å²) in [6.07, 6.45) is 20.2. The molecule has 3 aromatic heterocycles. The van der Waals surface area contributed by atoms with Crippen LogP contribution in [0.4, 0.5) is 33.1 Å². The Morgan fingerprint density at radius 2 is 1.02 bits per heavy atom. The van der Waals surface area contributed by atoms with E-state index < -0.39 is 10.9 Å². The Bertz CT molecular complexity index is 1660. The summed E-state index contributed by atoms with van der Waals surface area (Å²) in [5.41, 5.74) is 8.66. The maximum Gasteiger partial charge on any atom is 0.290 e. The van der Waals surface area contributed by atoms with Crippen LogP contribution in [0.5, 0.6) is 0 Å². The first-order valence-corrected chi connectivity index (χ1v) is 18.4. The second kappa shape index (κ2) is 18.7. The van der Waals surface area contributed by atoms with E-state index in [0.717, 1.165) is 66.4 Å². The molecule has 0 amide bonds. The number of halogens is 2. The fourth-order valence-corrected chi connectivity index (χ4v) is 8.60. The Balaban J connectivity index is 0.000000160. The molecular weight excluding hydrogens is 705 g/mol. The molecule has 6 saturated heterocycles. The van der Waals surface area contributed by atoms with Crippen molar-refractivity contribution in [3.63, 3.8) is 0 Å². The standard InChI is InChI=1S/C12H15N3O2.C12H17N3.C6H5FN2O2.C6H11N.CH4O.ClH/c1-8-6-12(13-7-11(8)15(16)17)14-9-2-3-10(14)5-4-9;1-8-6-12(14-7-11(8)13)15-9-2-3-10(15)5-4-9;1-4-2-6(7)8-3-5(4)9(10)11;1-2-6-4-3-5(1)7-6;1-2;/h6-7,9-10H,2-5H2,1H3;6-7,9-10H,2-5,13H2,1H3;2-3H,1H3;5-7H,1-4H2;2H,1H3;1H. The van der Waals surface area contributed by atoms with Crippen LogP contribution in [0.3, 0.4) is 0 Å². The number of anilines is 3. The number of nitrogens with one attached hydrogen (secondary N) is 1. The zero-order valence-corrected chi connectivity index (χ0v) is 31.8. The predicted molar refractivity (Wildman–Crippen MR) is 206 cm³/mol. The maximum absolute atomic E-state index is 12.3. The quantitative estimate of drug-likeness (QED) is 0.142. The number of nitrogens with zero attached hydrogens (tertiary/aromatic N) is 7. The Morgan fingerprint density at radius 1 is 0.660 bits per heavy atom. The van der Waals surface area contributed by atoms with Crippen LogP contribution in [-0.4, -0.2) is 73.3 Å². The smallest absolute Gasteiger partial charge is 0.290 e. The summed E-state index contributed by atoms with van der Waals surface area (Å²) in [4.78, 5) is 36.7. The van der Waals surface area contributed by atoms with Gasteiger partial charge in [-0.05, 0) is 116 Å². The second-order valence-electron chi connectivity index (χ2n) is 14.5. The van der Waals surface area contributed by atoms with E-state index >= 15 is 0 Å². The number of rotatable bonds is 4. The van der Waals surface area contributed by atoms with Crippen LogP contribution in [0.1, 0.15) is 93.7 Å². The minimum atomic E-state index is -0.701. The summed E-state index contributed by atoms with van der Waals surface area (Å²) in [5.74, 6) is 1.35. The molecule has 53 heavy (non-hydrogen) atoms. The molecule has 9 rings (SSSR count). The van der Waals surface area contributed by atoms with Crippen molar-refractivity contribution in [2.75, 3.05) is 22.6 Å². The highest BCUT2D eigenvalue weighted by molar-refractivity contribution is 5.85. The van der Waals surface area contributed by atoms with Crippen molar-refractivity contribution in [2.45, 2.75) is 134 Å². The van der Waals surface area contributed by atoms with Gasteiger partial charge in [0.25, 0.3) is 11.4 Å². The highest BCUT2D eigenvalue weighted by Gasteiger charge is 2.41. The number of hydrogen-bond donors (Lipinski definition) is 3. The van der Waals surface area contributed by atoms with Gasteiger partial charge in [-0.25, -0.2) is 15.0 Å². The lowest BCUT2D eigenvalue weighted by Crippen LogP contribution is -2.28. The zero-order chi connectivity index (χ0) is 37.5. The van der Waals surface area contributed by atoms with Crippen molar-refractivity contribution in [2.24, 2.45) is 0 Å². The number of aliphatic hydroxyl groups excluding tert-OH is 1. The lowest BCUT2D eigenvalue weighted by Gasteiger charge is -2.23. The third kappa shape index (κ3) is 9.86. The molecule has 290 valence electrons. The first-order valence-electron chi connectivity index (χ1n) is 18.4. The lowest BCUT2D eigenvalue weighted by molar-refractivity contribution is -0.385. The molecule has 3 aromatic rings. The van der Waals surface area contributed by atoms with Gasteiger partial charge in [-0.2, -0.15) is 4.39 Å². The average molecular weight is 758 g/mol. The van der Waals surface area contributed by atoms with Gasteiger partial charge < -0.3 is 26.0 Å².